The number of nitrogens with zero attached hydrogens (tertiary/aromatic N) is 3. The van der Waals surface area contributed by atoms with Crippen molar-refractivity contribution in [3.63, 3.8) is 0 Å². The van der Waals surface area contributed by atoms with Crippen LogP contribution in [0.15, 0.2) is 24.3 Å². The zero-order valence-corrected chi connectivity index (χ0v) is 16.2. The van der Waals surface area contributed by atoms with Gasteiger partial charge in [0.2, 0.25) is 5.95 Å². The monoisotopic (exact) mass is 395 g/mol. The van der Waals surface area contributed by atoms with Crippen molar-refractivity contribution in [2.75, 3.05) is 37.2 Å². The predicted octanol–water partition coefficient (Wildman–Crippen LogP) is 3.63. The second kappa shape index (κ2) is 8.75. The van der Waals surface area contributed by atoms with Gasteiger partial charge in [0.25, 0.3) is 0 Å². The van der Waals surface area contributed by atoms with Crippen molar-refractivity contribution in [1.29, 1.82) is 0 Å². The zero-order valence-electron chi connectivity index (χ0n) is 14.7. The summed E-state index contributed by atoms with van der Waals surface area (Å²) in [6.07, 6.45) is 2.18. The first-order valence-corrected chi connectivity index (χ1v) is 9.44. The molecule has 0 atom stereocenters. The van der Waals surface area contributed by atoms with Crippen LogP contribution in [0.4, 0.5) is 11.8 Å². The molecule has 0 amide bonds. The van der Waals surface area contributed by atoms with Crippen LogP contribution in [0.5, 0.6) is 5.75 Å². The van der Waals surface area contributed by atoms with Gasteiger partial charge in [-0.05, 0) is 31.9 Å². The molecule has 8 heteroatoms. The van der Waals surface area contributed by atoms with Crippen molar-refractivity contribution >= 4 is 35.0 Å². The quantitative estimate of drug-likeness (QED) is 0.777. The number of halogens is 2. The molecule has 1 fully saturated rings. The summed E-state index contributed by atoms with van der Waals surface area (Å²) in [4.78, 5) is 10.7. The number of rotatable bonds is 6. The van der Waals surface area contributed by atoms with Crippen molar-refractivity contribution in [1.82, 2.24) is 14.9 Å². The van der Waals surface area contributed by atoms with E-state index in [0.717, 1.165) is 56.3 Å². The molecule has 3 N–H and O–H groups in total. The zero-order chi connectivity index (χ0) is 18.5. The number of aryl methyl sites for hydroxylation is 1. The van der Waals surface area contributed by atoms with E-state index in [-0.39, 0.29) is 6.10 Å². The molecule has 0 spiro atoms. The molecule has 140 valence electrons. The lowest BCUT2D eigenvalue weighted by Crippen LogP contribution is -2.40. The van der Waals surface area contributed by atoms with Gasteiger partial charge >= 0.3 is 0 Å². The van der Waals surface area contributed by atoms with Gasteiger partial charge in [-0.25, -0.2) is 4.98 Å². The molecular formula is C18H23Cl2N5O. The summed E-state index contributed by atoms with van der Waals surface area (Å²) in [5.74, 6) is 1.84. The van der Waals surface area contributed by atoms with Gasteiger partial charge in [-0.2, -0.15) is 4.98 Å². The highest BCUT2D eigenvalue weighted by molar-refractivity contribution is 6.42. The third kappa shape index (κ3) is 5.37. The van der Waals surface area contributed by atoms with Crippen molar-refractivity contribution in [2.24, 2.45) is 0 Å². The number of aromatic nitrogens is 2. The Morgan fingerprint density at radius 1 is 1.19 bits per heavy atom. The third-order valence-electron chi connectivity index (χ3n) is 4.33. The molecule has 1 aliphatic heterocycles. The minimum absolute atomic E-state index is 0.209. The Morgan fingerprint density at radius 2 is 1.96 bits per heavy atom. The average Bonchev–Trinajstić information content (AvgIpc) is 2.59. The Balaban J connectivity index is 1.40. The van der Waals surface area contributed by atoms with Crippen molar-refractivity contribution in [3.8, 4) is 5.75 Å². The number of nitrogens with one attached hydrogen (secondary N) is 1. The molecule has 6 nitrogen and oxygen atoms in total. The molecule has 0 unspecified atom stereocenters. The SMILES string of the molecule is Cc1cc(NCCN2CCC(Oc3ccc(Cl)c(Cl)c3)CC2)nc(N)n1. The van der Waals surface area contributed by atoms with Gasteiger partial charge in [-0.3, -0.25) is 0 Å². The van der Waals surface area contributed by atoms with Crippen LogP contribution in [0.2, 0.25) is 10.0 Å². The second-order valence-corrected chi connectivity index (χ2v) is 7.23. The largest absolute Gasteiger partial charge is 0.490 e. The van der Waals surface area contributed by atoms with E-state index in [9.17, 15) is 0 Å². The molecule has 0 saturated carbocycles. The lowest BCUT2D eigenvalue weighted by Gasteiger charge is -2.32. The molecule has 0 radical (unpaired) electrons. The van der Waals surface area contributed by atoms with Crippen molar-refractivity contribution < 1.29 is 4.74 Å². The fourth-order valence-electron chi connectivity index (χ4n) is 3.02. The van der Waals surface area contributed by atoms with Gasteiger partial charge in [-0.1, -0.05) is 23.2 Å². The number of likely N-dealkylation sites (tertiary alicyclic amines) is 1. The Kier molecular flexibility index (Phi) is 6.40. The highest BCUT2D eigenvalue weighted by Crippen LogP contribution is 2.28. The number of nitrogen functional groups attached to an aromatic ring is 1. The van der Waals surface area contributed by atoms with E-state index in [2.05, 4.69) is 20.2 Å². The van der Waals surface area contributed by atoms with Crippen LogP contribution in [0, 0.1) is 6.92 Å². The van der Waals surface area contributed by atoms with E-state index in [1.165, 1.54) is 0 Å². The van der Waals surface area contributed by atoms with Crippen molar-refractivity contribution in [2.45, 2.75) is 25.9 Å². The van der Waals surface area contributed by atoms with Gasteiger partial charge in [0, 0.05) is 44.0 Å². The Bertz CT molecular complexity index is 730. The smallest absolute Gasteiger partial charge is 0.222 e. The summed E-state index contributed by atoms with van der Waals surface area (Å²) < 4.78 is 6.02. The van der Waals surface area contributed by atoms with Gasteiger partial charge in [-0.15, -0.1) is 0 Å². The number of piperidine rings is 1. The van der Waals surface area contributed by atoms with Crippen LogP contribution >= 0.6 is 23.2 Å². The molecule has 1 saturated heterocycles. The van der Waals surface area contributed by atoms with Crippen molar-refractivity contribution in [3.05, 3.63) is 40.0 Å². The van der Waals surface area contributed by atoms with Gasteiger partial charge in [0.1, 0.15) is 17.7 Å². The number of hydrogen-bond acceptors (Lipinski definition) is 6. The fraction of sp³-hybridized carbons (Fsp3) is 0.444. The third-order valence-corrected chi connectivity index (χ3v) is 5.07. The van der Waals surface area contributed by atoms with Crippen LogP contribution in [-0.2, 0) is 0 Å². The highest BCUT2D eigenvalue weighted by Gasteiger charge is 2.20. The molecule has 0 aliphatic carbocycles. The minimum Gasteiger partial charge on any atom is -0.490 e. The van der Waals surface area contributed by atoms with Crippen LogP contribution < -0.4 is 15.8 Å². The number of anilines is 2. The summed E-state index contributed by atoms with van der Waals surface area (Å²) in [5.41, 5.74) is 6.53. The molecule has 1 aliphatic rings. The van der Waals surface area contributed by atoms with Gasteiger partial charge < -0.3 is 20.7 Å². The molecular weight excluding hydrogens is 373 g/mol. The molecule has 26 heavy (non-hydrogen) atoms. The summed E-state index contributed by atoms with van der Waals surface area (Å²) >= 11 is 12.0. The van der Waals surface area contributed by atoms with Crippen LogP contribution in [-0.4, -0.2) is 47.2 Å². The highest BCUT2D eigenvalue weighted by atomic mass is 35.5. The Hall–Kier alpha value is -1.76. The van der Waals surface area contributed by atoms with E-state index < -0.39 is 0 Å². The number of ether oxygens (including phenoxy) is 1. The Morgan fingerprint density at radius 3 is 2.65 bits per heavy atom. The average molecular weight is 396 g/mol. The van der Waals surface area contributed by atoms with Gasteiger partial charge in [0.15, 0.2) is 0 Å². The Labute approximate surface area is 163 Å². The number of benzene rings is 1. The molecule has 3 rings (SSSR count). The van der Waals surface area contributed by atoms with E-state index >= 15 is 0 Å². The fourth-order valence-corrected chi connectivity index (χ4v) is 3.31. The predicted molar refractivity (Wildman–Crippen MR) is 106 cm³/mol. The van der Waals surface area contributed by atoms with E-state index in [4.69, 9.17) is 33.7 Å². The first kappa shape index (κ1) is 19.0. The standard InChI is InChI=1S/C18H23Cl2N5O/c1-12-10-17(24-18(21)23-12)22-6-9-25-7-4-13(5-8-25)26-14-2-3-15(19)16(20)11-14/h2-3,10-11,13H,4-9H2,1H3,(H3,21,22,23,24). The minimum atomic E-state index is 0.209. The first-order valence-electron chi connectivity index (χ1n) is 8.69. The van der Waals surface area contributed by atoms with E-state index in [0.29, 0.717) is 16.0 Å². The molecule has 1 aromatic heterocycles. The summed E-state index contributed by atoms with van der Waals surface area (Å²) in [6, 6.07) is 7.30. The molecule has 0 bridgehead atoms. The lowest BCUT2D eigenvalue weighted by molar-refractivity contribution is 0.103. The lowest BCUT2D eigenvalue weighted by atomic mass is 10.1. The maximum Gasteiger partial charge on any atom is 0.222 e. The summed E-state index contributed by atoms with van der Waals surface area (Å²) in [5, 5.41) is 4.37. The maximum atomic E-state index is 6.04. The molecule has 2 aromatic rings. The second-order valence-electron chi connectivity index (χ2n) is 6.41. The van der Waals surface area contributed by atoms with Crippen LogP contribution in [0.1, 0.15) is 18.5 Å². The topological polar surface area (TPSA) is 76.3 Å². The van der Waals surface area contributed by atoms with Crippen LogP contribution in [0.25, 0.3) is 0 Å². The van der Waals surface area contributed by atoms with E-state index in [1.807, 2.05) is 19.1 Å². The summed E-state index contributed by atoms with van der Waals surface area (Å²) in [7, 11) is 0. The number of hydrogen-bond donors (Lipinski definition) is 2. The maximum absolute atomic E-state index is 6.04. The van der Waals surface area contributed by atoms with Gasteiger partial charge in [0.05, 0.1) is 10.0 Å². The summed E-state index contributed by atoms with van der Waals surface area (Å²) in [6.45, 7) is 5.66. The van der Waals surface area contributed by atoms with Crippen LogP contribution in [0.3, 0.4) is 0 Å². The molecule has 1 aromatic carbocycles. The molecule has 2 heterocycles. The first-order chi connectivity index (χ1) is 12.5. The van der Waals surface area contributed by atoms with E-state index in [1.54, 1.807) is 12.1 Å². The normalized spacial score (nSPS) is 15.8. The number of nitrogens with two attached hydrogens (primary N) is 1.